The van der Waals surface area contributed by atoms with Gasteiger partial charge in [-0.05, 0) is 23.1 Å². The lowest BCUT2D eigenvalue weighted by molar-refractivity contribution is 0.728. The molecule has 0 unspecified atom stereocenters. The molecule has 6 heteroatoms. The van der Waals surface area contributed by atoms with Crippen LogP contribution in [0.2, 0.25) is 0 Å². The molecule has 0 atom stereocenters. The SMILES string of the molecule is Cn1c(SCc2cccc3cccnc23)nc2sccc2c1=O. The highest BCUT2D eigenvalue weighted by Gasteiger charge is 2.10. The summed E-state index contributed by atoms with van der Waals surface area (Å²) < 4.78 is 1.62. The Kier molecular flexibility index (Phi) is 3.63. The molecule has 0 fully saturated rings. The van der Waals surface area contributed by atoms with Crippen molar-refractivity contribution < 1.29 is 0 Å². The van der Waals surface area contributed by atoms with Crippen LogP contribution in [0.5, 0.6) is 0 Å². The highest BCUT2D eigenvalue weighted by Crippen LogP contribution is 2.26. The largest absolute Gasteiger partial charge is 0.290 e. The van der Waals surface area contributed by atoms with Crippen LogP contribution in [0.3, 0.4) is 0 Å². The summed E-state index contributed by atoms with van der Waals surface area (Å²) in [5.74, 6) is 0.728. The number of rotatable bonds is 3. The molecule has 1 aromatic carbocycles. The highest BCUT2D eigenvalue weighted by atomic mass is 32.2. The van der Waals surface area contributed by atoms with Crippen molar-refractivity contribution in [2.24, 2.45) is 7.05 Å². The number of benzene rings is 1. The summed E-state index contributed by atoms with van der Waals surface area (Å²) in [4.78, 5) is 22.2. The fourth-order valence-electron chi connectivity index (χ4n) is 2.54. The number of thioether (sulfide) groups is 1. The summed E-state index contributed by atoms with van der Waals surface area (Å²) in [6.45, 7) is 0. The Labute approximate surface area is 140 Å². The summed E-state index contributed by atoms with van der Waals surface area (Å²) in [6, 6.07) is 12.0. The van der Waals surface area contributed by atoms with Crippen LogP contribution in [-0.2, 0) is 12.8 Å². The van der Waals surface area contributed by atoms with E-state index in [1.54, 1.807) is 23.4 Å². The molecule has 0 aliphatic carbocycles. The van der Waals surface area contributed by atoms with Crippen molar-refractivity contribution in [3.8, 4) is 0 Å². The molecule has 3 heterocycles. The Balaban J connectivity index is 1.71. The maximum absolute atomic E-state index is 12.3. The Morgan fingerprint density at radius 3 is 3.00 bits per heavy atom. The number of hydrogen-bond donors (Lipinski definition) is 0. The predicted octanol–water partition coefficient (Wildman–Crippen LogP) is 3.84. The fraction of sp³-hybridized carbons (Fsp3) is 0.118. The van der Waals surface area contributed by atoms with Gasteiger partial charge in [0.1, 0.15) is 4.83 Å². The Morgan fingerprint density at radius 2 is 2.09 bits per heavy atom. The van der Waals surface area contributed by atoms with E-state index >= 15 is 0 Å². The first-order valence-electron chi connectivity index (χ1n) is 7.14. The van der Waals surface area contributed by atoms with Gasteiger partial charge in [0.2, 0.25) is 0 Å². The van der Waals surface area contributed by atoms with Crippen LogP contribution in [0.4, 0.5) is 0 Å². The molecular weight excluding hydrogens is 326 g/mol. The third kappa shape index (κ3) is 2.54. The average Bonchev–Trinajstić information content (AvgIpc) is 3.05. The maximum Gasteiger partial charge on any atom is 0.262 e. The molecule has 0 radical (unpaired) electrons. The maximum atomic E-state index is 12.3. The van der Waals surface area contributed by atoms with Crippen LogP contribution < -0.4 is 5.56 Å². The van der Waals surface area contributed by atoms with E-state index in [0.29, 0.717) is 5.39 Å². The molecule has 4 rings (SSSR count). The van der Waals surface area contributed by atoms with Crippen molar-refractivity contribution in [3.63, 3.8) is 0 Å². The van der Waals surface area contributed by atoms with E-state index in [1.165, 1.54) is 11.3 Å². The van der Waals surface area contributed by atoms with E-state index in [-0.39, 0.29) is 5.56 Å². The number of hydrogen-bond acceptors (Lipinski definition) is 5. The molecule has 0 spiro atoms. The van der Waals surface area contributed by atoms with Gasteiger partial charge in [0.15, 0.2) is 5.16 Å². The number of fused-ring (bicyclic) bond motifs is 2. The van der Waals surface area contributed by atoms with Crippen LogP contribution in [0.25, 0.3) is 21.1 Å². The Hall–Kier alpha value is -2.18. The first-order valence-corrected chi connectivity index (χ1v) is 9.00. The predicted molar refractivity (Wildman–Crippen MR) is 96.2 cm³/mol. The highest BCUT2D eigenvalue weighted by molar-refractivity contribution is 7.98. The molecule has 0 aliphatic rings. The van der Waals surface area contributed by atoms with E-state index in [2.05, 4.69) is 28.2 Å². The van der Waals surface area contributed by atoms with Gasteiger partial charge in [-0.3, -0.25) is 14.3 Å². The second-order valence-corrected chi connectivity index (χ2v) is 7.02. The number of thiophene rings is 1. The fourth-order valence-corrected chi connectivity index (χ4v) is 4.30. The molecule has 4 aromatic rings. The molecule has 0 bridgehead atoms. The van der Waals surface area contributed by atoms with E-state index in [9.17, 15) is 4.79 Å². The number of para-hydroxylation sites is 1. The molecule has 0 saturated carbocycles. The van der Waals surface area contributed by atoms with Gasteiger partial charge in [-0.15, -0.1) is 11.3 Å². The van der Waals surface area contributed by atoms with Crippen molar-refractivity contribution in [2.45, 2.75) is 10.9 Å². The van der Waals surface area contributed by atoms with Crippen molar-refractivity contribution in [1.82, 2.24) is 14.5 Å². The van der Waals surface area contributed by atoms with Gasteiger partial charge < -0.3 is 0 Å². The molecule has 114 valence electrons. The minimum absolute atomic E-state index is 0.00907. The topological polar surface area (TPSA) is 47.8 Å². The summed E-state index contributed by atoms with van der Waals surface area (Å²) >= 11 is 3.06. The summed E-state index contributed by atoms with van der Waals surface area (Å²) in [7, 11) is 1.77. The lowest BCUT2D eigenvalue weighted by atomic mass is 10.1. The third-order valence-corrected chi connectivity index (χ3v) is 5.62. The zero-order valence-electron chi connectivity index (χ0n) is 12.4. The second kappa shape index (κ2) is 5.79. The standard InChI is InChI=1S/C17H13N3OS2/c1-20-16(21)13-7-9-22-15(13)19-17(20)23-10-12-5-2-4-11-6-3-8-18-14(11)12/h2-9H,10H2,1H3. The summed E-state index contributed by atoms with van der Waals surface area (Å²) in [6.07, 6.45) is 1.81. The van der Waals surface area contributed by atoms with Crippen LogP contribution in [0.1, 0.15) is 5.56 Å². The van der Waals surface area contributed by atoms with Crippen LogP contribution in [-0.4, -0.2) is 14.5 Å². The first-order chi connectivity index (χ1) is 11.2. The van der Waals surface area contributed by atoms with E-state index < -0.39 is 0 Å². The molecule has 0 amide bonds. The Morgan fingerprint density at radius 1 is 1.22 bits per heavy atom. The van der Waals surface area contributed by atoms with E-state index in [0.717, 1.165) is 32.2 Å². The van der Waals surface area contributed by atoms with Gasteiger partial charge in [-0.25, -0.2) is 4.98 Å². The van der Waals surface area contributed by atoms with Crippen molar-refractivity contribution in [3.05, 3.63) is 63.9 Å². The lowest BCUT2D eigenvalue weighted by Crippen LogP contribution is -2.19. The van der Waals surface area contributed by atoms with Gasteiger partial charge in [0.25, 0.3) is 5.56 Å². The van der Waals surface area contributed by atoms with Crippen molar-refractivity contribution in [2.75, 3.05) is 0 Å². The molecule has 0 aliphatic heterocycles. The van der Waals surface area contributed by atoms with Gasteiger partial charge >= 0.3 is 0 Å². The monoisotopic (exact) mass is 339 g/mol. The van der Waals surface area contributed by atoms with Gasteiger partial charge in [0.05, 0.1) is 10.9 Å². The zero-order chi connectivity index (χ0) is 15.8. The molecule has 0 saturated heterocycles. The first kappa shape index (κ1) is 14.4. The normalized spacial score (nSPS) is 11.3. The Bertz CT molecular complexity index is 1060. The number of pyridine rings is 1. The van der Waals surface area contributed by atoms with Crippen LogP contribution >= 0.6 is 23.1 Å². The van der Waals surface area contributed by atoms with E-state index in [4.69, 9.17) is 0 Å². The lowest BCUT2D eigenvalue weighted by Gasteiger charge is -2.08. The van der Waals surface area contributed by atoms with Gasteiger partial charge in [-0.1, -0.05) is 36.0 Å². The number of nitrogens with zero attached hydrogens (tertiary/aromatic N) is 3. The molecular formula is C17H13N3OS2. The van der Waals surface area contributed by atoms with Crippen molar-refractivity contribution >= 4 is 44.2 Å². The summed E-state index contributed by atoms with van der Waals surface area (Å²) in [5, 5.41) is 4.45. The van der Waals surface area contributed by atoms with Gasteiger partial charge in [-0.2, -0.15) is 0 Å². The van der Waals surface area contributed by atoms with Gasteiger partial charge in [0, 0.05) is 24.4 Å². The van der Waals surface area contributed by atoms with Crippen molar-refractivity contribution in [1.29, 1.82) is 0 Å². The second-order valence-electron chi connectivity index (χ2n) is 5.18. The van der Waals surface area contributed by atoms with Crippen LogP contribution in [0, 0.1) is 0 Å². The molecule has 4 nitrogen and oxygen atoms in total. The molecule has 3 aromatic heterocycles. The third-order valence-electron chi connectivity index (χ3n) is 3.74. The number of aromatic nitrogens is 3. The zero-order valence-corrected chi connectivity index (χ0v) is 14.0. The van der Waals surface area contributed by atoms with Crippen LogP contribution in [0.15, 0.2) is 57.9 Å². The average molecular weight is 339 g/mol. The minimum atomic E-state index is 0.00907. The summed E-state index contributed by atoms with van der Waals surface area (Å²) in [5.41, 5.74) is 2.16. The minimum Gasteiger partial charge on any atom is -0.290 e. The quantitative estimate of drug-likeness (QED) is 0.420. The smallest absolute Gasteiger partial charge is 0.262 e. The van der Waals surface area contributed by atoms with E-state index in [1.807, 2.05) is 29.8 Å². The molecule has 0 N–H and O–H groups in total. The molecule has 23 heavy (non-hydrogen) atoms.